The van der Waals surface area contributed by atoms with E-state index in [1.165, 1.54) is 0 Å². The molecule has 0 aliphatic carbocycles. The Labute approximate surface area is 230 Å². The highest BCUT2D eigenvalue weighted by molar-refractivity contribution is 5.97. The molecule has 210 valence electrons. The zero-order valence-corrected chi connectivity index (χ0v) is 22.6. The van der Waals surface area contributed by atoms with Crippen molar-refractivity contribution in [1.29, 1.82) is 0 Å². The van der Waals surface area contributed by atoms with Gasteiger partial charge in [-0.15, -0.1) is 0 Å². The molecule has 0 unspecified atom stereocenters. The van der Waals surface area contributed by atoms with Crippen LogP contribution < -0.4 is 26.4 Å². The van der Waals surface area contributed by atoms with Crippen LogP contribution in [-0.2, 0) is 16.6 Å². The molecular formula is C27H32N8O5. The van der Waals surface area contributed by atoms with Crippen molar-refractivity contribution in [2.45, 2.75) is 31.8 Å². The van der Waals surface area contributed by atoms with E-state index in [-0.39, 0.29) is 18.2 Å². The Morgan fingerprint density at radius 2 is 2.00 bits per heavy atom. The van der Waals surface area contributed by atoms with Gasteiger partial charge in [-0.05, 0) is 38.1 Å². The Balaban J connectivity index is 1.20. The molecule has 1 aromatic carbocycles. The molecule has 13 nitrogen and oxygen atoms in total. The van der Waals surface area contributed by atoms with Gasteiger partial charge in [-0.25, -0.2) is 4.98 Å². The van der Waals surface area contributed by atoms with Gasteiger partial charge in [-0.1, -0.05) is 0 Å². The highest BCUT2D eigenvalue weighted by atomic mass is 16.6. The first kappa shape index (κ1) is 26.9. The number of pyridine rings is 1. The van der Waals surface area contributed by atoms with E-state index in [2.05, 4.69) is 20.4 Å². The van der Waals surface area contributed by atoms with Crippen molar-refractivity contribution in [3.8, 4) is 5.75 Å². The van der Waals surface area contributed by atoms with Gasteiger partial charge < -0.3 is 35.6 Å². The number of anilines is 3. The molecule has 1 aliphatic heterocycles. The molecule has 1 fully saturated rings. The maximum absolute atomic E-state index is 12.1. The summed E-state index contributed by atoms with van der Waals surface area (Å²) in [6.07, 6.45) is 3.95. The SMILES string of the molecule is Cn1cc(Nc2ccc(C3CN(c4nc5ccc(OCCC(C)(C)OC(=O)CN)cc5o4)C3)nc2C(N)=O)cn1. The Morgan fingerprint density at radius 3 is 2.70 bits per heavy atom. The lowest BCUT2D eigenvalue weighted by Gasteiger charge is -2.37. The van der Waals surface area contributed by atoms with E-state index in [0.29, 0.717) is 54.7 Å². The van der Waals surface area contributed by atoms with Crippen LogP contribution >= 0.6 is 0 Å². The number of carbonyl (C=O) groups excluding carboxylic acids is 2. The molecule has 5 N–H and O–H groups in total. The van der Waals surface area contributed by atoms with Crippen molar-refractivity contribution in [3.05, 3.63) is 54.1 Å². The lowest BCUT2D eigenvalue weighted by Crippen LogP contribution is -2.45. The van der Waals surface area contributed by atoms with Crippen molar-refractivity contribution in [3.63, 3.8) is 0 Å². The quantitative estimate of drug-likeness (QED) is 0.235. The van der Waals surface area contributed by atoms with Crippen LogP contribution in [0.15, 0.2) is 47.1 Å². The van der Waals surface area contributed by atoms with Crippen molar-refractivity contribution in [2.24, 2.45) is 18.5 Å². The number of aromatic nitrogens is 4. The zero-order valence-electron chi connectivity index (χ0n) is 22.6. The van der Waals surface area contributed by atoms with Crippen molar-refractivity contribution >= 4 is 40.4 Å². The summed E-state index contributed by atoms with van der Waals surface area (Å²) in [7, 11) is 1.81. The summed E-state index contributed by atoms with van der Waals surface area (Å²) in [6.45, 7) is 5.08. The molecule has 0 bridgehead atoms. The molecule has 13 heteroatoms. The number of oxazole rings is 1. The molecular weight excluding hydrogens is 516 g/mol. The zero-order chi connectivity index (χ0) is 28.4. The molecule has 0 saturated carbocycles. The third-order valence-electron chi connectivity index (χ3n) is 6.58. The van der Waals surface area contributed by atoms with Gasteiger partial charge in [0.1, 0.15) is 16.9 Å². The van der Waals surface area contributed by atoms with Crippen LogP contribution in [0.3, 0.4) is 0 Å². The van der Waals surface area contributed by atoms with Crippen molar-refractivity contribution in [2.75, 3.05) is 36.5 Å². The molecule has 1 aliphatic rings. The second-order valence-electron chi connectivity index (χ2n) is 10.3. The summed E-state index contributed by atoms with van der Waals surface area (Å²) < 4.78 is 18.8. The first-order chi connectivity index (χ1) is 19.1. The van der Waals surface area contributed by atoms with Gasteiger partial charge in [0.25, 0.3) is 11.9 Å². The molecule has 5 rings (SSSR count). The molecule has 3 aromatic heterocycles. The van der Waals surface area contributed by atoms with Gasteiger partial charge in [0.15, 0.2) is 11.3 Å². The third-order valence-corrected chi connectivity index (χ3v) is 6.58. The van der Waals surface area contributed by atoms with Crippen LogP contribution in [0.4, 0.5) is 17.4 Å². The van der Waals surface area contributed by atoms with E-state index in [1.807, 2.05) is 50.1 Å². The smallest absolute Gasteiger partial charge is 0.320 e. The normalized spacial score (nSPS) is 13.8. The Bertz CT molecular complexity index is 1540. The first-order valence-corrected chi connectivity index (χ1v) is 12.9. The molecule has 0 radical (unpaired) electrons. The number of primary amides is 1. The number of esters is 1. The number of rotatable bonds is 11. The maximum atomic E-state index is 12.1. The van der Waals surface area contributed by atoms with Gasteiger partial charge in [0.2, 0.25) is 0 Å². The number of nitrogens with two attached hydrogens (primary N) is 2. The first-order valence-electron chi connectivity index (χ1n) is 12.9. The predicted octanol–water partition coefficient (Wildman–Crippen LogP) is 2.45. The van der Waals surface area contributed by atoms with Crippen molar-refractivity contribution in [1.82, 2.24) is 19.7 Å². The number of amides is 1. The lowest BCUT2D eigenvalue weighted by atomic mass is 9.96. The highest BCUT2D eigenvalue weighted by Gasteiger charge is 2.33. The monoisotopic (exact) mass is 548 g/mol. The standard InChI is InChI=1S/C27H32N8O5/c1-27(2,40-23(36)11-28)8-9-38-18-4-5-20-22(10-18)39-26(33-20)35-13-16(14-35)19-6-7-21(24(32-19)25(29)37)31-17-12-30-34(3)15-17/h4-7,10,12,15-16,31H,8-9,11,13-14,28H2,1-3H3,(H2,29,37). The number of carbonyl (C=O) groups is 2. The highest BCUT2D eigenvalue weighted by Crippen LogP contribution is 2.34. The fraction of sp³-hybridized carbons (Fsp3) is 0.370. The average molecular weight is 549 g/mol. The van der Waals surface area contributed by atoms with Crippen LogP contribution in [0.1, 0.15) is 42.4 Å². The topological polar surface area (TPSA) is 177 Å². The van der Waals surface area contributed by atoms with Crippen LogP contribution in [0.2, 0.25) is 0 Å². The van der Waals surface area contributed by atoms with Crippen molar-refractivity contribution < 1.29 is 23.5 Å². The minimum Gasteiger partial charge on any atom is -0.493 e. The van der Waals surface area contributed by atoms with E-state index < -0.39 is 17.5 Å². The van der Waals surface area contributed by atoms with Gasteiger partial charge in [0, 0.05) is 50.4 Å². The van der Waals surface area contributed by atoms with Gasteiger partial charge in [0.05, 0.1) is 30.7 Å². The molecule has 1 saturated heterocycles. The number of hydrogen-bond donors (Lipinski definition) is 3. The second-order valence-corrected chi connectivity index (χ2v) is 10.3. The van der Waals surface area contributed by atoms with E-state index in [0.717, 1.165) is 11.4 Å². The number of fused-ring (bicyclic) bond motifs is 1. The van der Waals surface area contributed by atoms with E-state index in [1.54, 1.807) is 23.1 Å². The molecule has 4 aromatic rings. The minimum atomic E-state index is -0.683. The number of nitrogens with one attached hydrogen (secondary N) is 1. The fourth-order valence-electron chi connectivity index (χ4n) is 4.39. The lowest BCUT2D eigenvalue weighted by molar-refractivity contribution is -0.155. The second kappa shape index (κ2) is 10.8. The number of benzene rings is 1. The average Bonchev–Trinajstić information content (AvgIpc) is 3.48. The molecule has 0 spiro atoms. The summed E-state index contributed by atoms with van der Waals surface area (Å²) >= 11 is 0. The Hall–Kier alpha value is -4.65. The largest absolute Gasteiger partial charge is 0.493 e. The Morgan fingerprint density at radius 1 is 1.20 bits per heavy atom. The number of aryl methyl sites for hydroxylation is 1. The van der Waals surface area contributed by atoms with Crippen LogP contribution in [0.25, 0.3) is 11.1 Å². The third kappa shape index (κ3) is 5.99. The minimum absolute atomic E-state index is 0.0937. The molecule has 0 atom stereocenters. The van der Waals surface area contributed by atoms with Gasteiger partial charge in [-0.2, -0.15) is 10.1 Å². The van der Waals surface area contributed by atoms with E-state index >= 15 is 0 Å². The predicted molar refractivity (Wildman–Crippen MR) is 148 cm³/mol. The summed E-state index contributed by atoms with van der Waals surface area (Å²) in [4.78, 5) is 34.7. The number of nitrogens with zero attached hydrogens (tertiary/aromatic N) is 5. The van der Waals surface area contributed by atoms with Crippen LogP contribution in [0.5, 0.6) is 5.75 Å². The number of ether oxygens (including phenoxy) is 2. The van der Waals surface area contributed by atoms with Gasteiger partial charge >= 0.3 is 5.97 Å². The molecule has 1 amide bonds. The van der Waals surface area contributed by atoms with Crippen LogP contribution in [0, 0.1) is 0 Å². The summed E-state index contributed by atoms with van der Waals surface area (Å²) in [5, 5.41) is 7.26. The van der Waals surface area contributed by atoms with E-state index in [4.69, 9.17) is 25.4 Å². The van der Waals surface area contributed by atoms with Gasteiger partial charge in [-0.3, -0.25) is 14.3 Å². The Kier molecular flexibility index (Phi) is 7.30. The summed E-state index contributed by atoms with van der Waals surface area (Å²) in [5.74, 6) is -0.341. The molecule has 4 heterocycles. The molecule has 40 heavy (non-hydrogen) atoms. The fourth-order valence-corrected chi connectivity index (χ4v) is 4.39. The summed E-state index contributed by atoms with van der Waals surface area (Å²) in [6, 6.07) is 9.65. The number of hydrogen-bond acceptors (Lipinski definition) is 11. The summed E-state index contributed by atoms with van der Waals surface area (Å²) in [5.41, 5.74) is 13.8. The maximum Gasteiger partial charge on any atom is 0.320 e. The van der Waals surface area contributed by atoms with Crippen LogP contribution in [-0.4, -0.2) is 63.5 Å². The van der Waals surface area contributed by atoms with E-state index in [9.17, 15) is 9.59 Å².